The standard InChI is InChI=1S/C13H20N4O/c1-9-12(7-14)13(17(2)16-9)15-8-10-3-5-11(18)6-4-10/h10-11,15,18H,3-6,8H2,1-2H3. The molecule has 1 fully saturated rings. The molecule has 1 aromatic heterocycles. The van der Waals surface area contributed by atoms with Gasteiger partial charge in [0, 0.05) is 13.6 Å². The van der Waals surface area contributed by atoms with Crippen LogP contribution < -0.4 is 5.32 Å². The fraction of sp³-hybridized carbons (Fsp3) is 0.692. The van der Waals surface area contributed by atoms with E-state index in [1.54, 1.807) is 4.68 Å². The Hall–Kier alpha value is -1.54. The van der Waals surface area contributed by atoms with E-state index in [2.05, 4.69) is 16.5 Å². The van der Waals surface area contributed by atoms with Crippen LogP contribution in [0.1, 0.15) is 36.9 Å². The summed E-state index contributed by atoms with van der Waals surface area (Å²) >= 11 is 0. The summed E-state index contributed by atoms with van der Waals surface area (Å²) in [5.74, 6) is 1.39. The van der Waals surface area contributed by atoms with Gasteiger partial charge in [-0.2, -0.15) is 10.4 Å². The number of nitrogens with one attached hydrogen (secondary N) is 1. The monoisotopic (exact) mass is 248 g/mol. The molecule has 0 aliphatic heterocycles. The van der Waals surface area contributed by atoms with Crippen LogP contribution in [-0.4, -0.2) is 27.5 Å². The number of aryl methyl sites for hydroxylation is 2. The van der Waals surface area contributed by atoms with Crippen molar-refractivity contribution in [1.29, 1.82) is 5.26 Å². The van der Waals surface area contributed by atoms with Gasteiger partial charge in [0.2, 0.25) is 0 Å². The predicted molar refractivity (Wildman–Crippen MR) is 69.1 cm³/mol. The van der Waals surface area contributed by atoms with Crippen molar-refractivity contribution >= 4 is 5.82 Å². The first-order chi connectivity index (χ1) is 8.61. The Kier molecular flexibility index (Phi) is 3.87. The van der Waals surface area contributed by atoms with E-state index in [0.29, 0.717) is 11.5 Å². The normalized spacial score (nSPS) is 23.7. The molecule has 0 bridgehead atoms. The lowest BCUT2D eigenvalue weighted by molar-refractivity contribution is 0.111. The molecule has 1 saturated carbocycles. The summed E-state index contributed by atoms with van der Waals surface area (Å²) in [7, 11) is 1.85. The number of nitrogens with zero attached hydrogens (tertiary/aromatic N) is 3. The summed E-state index contributed by atoms with van der Waals surface area (Å²) in [6.45, 7) is 2.70. The Bertz CT molecular complexity index is 452. The van der Waals surface area contributed by atoms with E-state index in [1.165, 1.54) is 0 Å². The Morgan fingerprint density at radius 3 is 2.72 bits per heavy atom. The van der Waals surface area contributed by atoms with Crippen molar-refractivity contribution < 1.29 is 5.11 Å². The second kappa shape index (κ2) is 5.40. The highest BCUT2D eigenvalue weighted by atomic mass is 16.3. The summed E-state index contributed by atoms with van der Waals surface area (Å²) in [5, 5.41) is 26.2. The molecule has 1 aliphatic carbocycles. The average Bonchev–Trinajstić information content (AvgIpc) is 2.62. The van der Waals surface area contributed by atoms with E-state index in [4.69, 9.17) is 5.26 Å². The number of aliphatic hydroxyl groups is 1. The van der Waals surface area contributed by atoms with Crippen molar-refractivity contribution in [3.8, 4) is 6.07 Å². The van der Waals surface area contributed by atoms with Crippen LogP contribution in [0.25, 0.3) is 0 Å². The van der Waals surface area contributed by atoms with Crippen molar-refractivity contribution in [3.05, 3.63) is 11.3 Å². The van der Waals surface area contributed by atoms with Crippen molar-refractivity contribution in [2.75, 3.05) is 11.9 Å². The molecule has 0 saturated heterocycles. The zero-order valence-corrected chi connectivity index (χ0v) is 11.0. The van der Waals surface area contributed by atoms with Gasteiger partial charge in [0.15, 0.2) is 0 Å². The minimum Gasteiger partial charge on any atom is -0.393 e. The van der Waals surface area contributed by atoms with E-state index in [1.807, 2.05) is 14.0 Å². The van der Waals surface area contributed by atoms with Crippen LogP contribution >= 0.6 is 0 Å². The maximum Gasteiger partial charge on any atom is 0.142 e. The molecule has 98 valence electrons. The first-order valence-corrected chi connectivity index (χ1v) is 6.47. The third-order valence-electron chi connectivity index (χ3n) is 3.71. The molecule has 1 aliphatic rings. The van der Waals surface area contributed by atoms with Crippen LogP contribution in [-0.2, 0) is 7.05 Å². The quantitative estimate of drug-likeness (QED) is 0.851. The predicted octanol–water partition coefficient (Wildman–Crippen LogP) is 1.56. The van der Waals surface area contributed by atoms with Crippen LogP contribution in [0.5, 0.6) is 0 Å². The molecule has 1 aromatic rings. The van der Waals surface area contributed by atoms with E-state index < -0.39 is 0 Å². The number of rotatable bonds is 3. The molecule has 5 nitrogen and oxygen atoms in total. The van der Waals surface area contributed by atoms with Crippen LogP contribution in [0.2, 0.25) is 0 Å². The summed E-state index contributed by atoms with van der Waals surface area (Å²) in [4.78, 5) is 0. The van der Waals surface area contributed by atoms with Crippen molar-refractivity contribution in [1.82, 2.24) is 9.78 Å². The molecule has 0 spiro atoms. The minimum absolute atomic E-state index is 0.116. The topological polar surface area (TPSA) is 73.9 Å². The molecule has 18 heavy (non-hydrogen) atoms. The molecule has 0 amide bonds. The van der Waals surface area contributed by atoms with Gasteiger partial charge in [0.05, 0.1) is 11.8 Å². The maximum atomic E-state index is 9.46. The van der Waals surface area contributed by atoms with Gasteiger partial charge in [0.25, 0.3) is 0 Å². The van der Waals surface area contributed by atoms with E-state index in [9.17, 15) is 5.11 Å². The largest absolute Gasteiger partial charge is 0.393 e. The number of hydrogen-bond donors (Lipinski definition) is 2. The summed E-state index contributed by atoms with van der Waals surface area (Å²) in [5.41, 5.74) is 1.40. The van der Waals surface area contributed by atoms with Gasteiger partial charge >= 0.3 is 0 Å². The van der Waals surface area contributed by atoms with Crippen molar-refractivity contribution in [2.24, 2.45) is 13.0 Å². The number of aromatic nitrogens is 2. The lowest BCUT2D eigenvalue weighted by atomic mass is 9.87. The van der Waals surface area contributed by atoms with Crippen LogP contribution in [0.4, 0.5) is 5.82 Å². The number of anilines is 1. The molecule has 1 heterocycles. The van der Waals surface area contributed by atoms with E-state index in [-0.39, 0.29) is 6.10 Å². The van der Waals surface area contributed by atoms with Gasteiger partial charge in [-0.25, -0.2) is 0 Å². The molecule has 2 N–H and O–H groups in total. The molecule has 0 unspecified atom stereocenters. The first-order valence-electron chi connectivity index (χ1n) is 6.47. The maximum absolute atomic E-state index is 9.46. The third kappa shape index (κ3) is 2.65. The van der Waals surface area contributed by atoms with Crippen LogP contribution in [0, 0.1) is 24.2 Å². The van der Waals surface area contributed by atoms with E-state index >= 15 is 0 Å². The zero-order valence-electron chi connectivity index (χ0n) is 11.0. The number of hydrogen-bond acceptors (Lipinski definition) is 4. The van der Waals surface area contributed by atoms with Crippen LogP contribution in [0.15, 0.2) is 0 Å². The molecule has 0 aromatic carbocycles. The Labute approximate surface area is 107 Å². The summed E-state index contributed by atoms with van der Waals surface area (Å²) in [6, 6.07) is 2.19. The Balaban J connectivity index is 1.96. The van der Waals surface area contributed by atoms with Crippen molar-refractivity contribution in [3.63, 3.8) is 0 Å². The fourth-order valence-corrected chi connectivity index (χ4v) is 2.58. The fourth-order valence-electron chi connectivity index (χ4n) is 2.58. The molecular weight excluding hydrogens is 228 g/mol. The number of aliphatic hydroxyl groups excluding tert-OH is 1. The molecule has 0 atom stereocenters. The molecule has 5 heteroatoms. The Morgan fingerprint density at radius 1 is 1.44 bits per heavy atom. The second-order valence-electron chi connectivity index (χ2n) is 5.10. The van der Waals surface area contributed by atoms with Crippen LogP contribution in [0.3, 0.4) is 0 Å². The highest BCUT2D eigenvalue weighted by Gasteiger charge is 2.20. The van der Waals surface area contributed by atoms with Gasteiger partial charge in [-0.1, -0.05) is 0 Å². The minimum atomic E-state index is -0.116. The lowest BCUT2D eigenvalue weighted by Crippen LogP contribution is -2.24. The van der Waals surface area contributed by atoms with E-state index in [0.717, 1.165) is 43.7 Å². The third-order valence-corrected chi connectivity index (χ3v) is 3.71. The van der Waals surface area contributed by atoms with Gasteiger partial charge in [-0.15, -0.1) is 0 Å². The smallest absolute Gasteiger partial charge is 0.142 e. The zero-order chi connectivity index (χ0) is 13.1. The highest BCUT2D eigenvalue weighted by Crippen LogP contribution is 2.25. The second-order valence-corrected chi connectivity index (χ2v) is 5.10. The van der Waals surface area contributed by atoms with Gasteiger partial charge < -0.3 is 10.4 Å². The molecular formula is C13H20N4O. The average molecular weight is 248 g/mol. The first kappa shape index (κ1) is 12.9. The van der Waals surface area contributed by atoms with Gasteiger partial charge in [-0.05, 0) is 38.5 Å². The lowest BCUT2D eigenvalue weighted by Gasteiger charge is -2.25. The number of nitriles is 1. The summed E-state index contributed by atoms with van der Waals surface area (Å²) in [6.07, 6.45) is 3.76. The molecule has 2 rings (SSSR count). The van der Waals surface area contributed by atoms with Gasteiger partial charge in [-0.3, -0.25) is 4.68 Å². The van der Waals surface area contributed by atoms with Crippen molar-refractivity contribution in [2.45, 2.75) is 38.7 Å². The SMILES string of the molecule is Cc1nn(C)c(NCC2CCC(O)CC2)c1C#N. The van der Waals surface area contributed by atoms with Gasteiger partial charge in [0.1, 0.15) is 17.5 Å². The Morgan fingerprint density at radius 2 is 2.11 bits per heavy atom. The summed E-state index contributed by atoms with van der Waals surface area (Å²) < 4.78 is 1.73. The highest BCUT2D eigenvalue weighted by molar-refractivity contribution is 5.54. The molecule has 0 radical (unpaired) electrons.